The second-order valence-electron chi connectivity index (χ2n) is 7.25. The number of rotatable bonds is 14. The molecule has 0 atom stereocenters. The normalized spacial score (nSPS) is 10.7. The largest absolute Gasteiger partial charge is 0.358 e. The van der Waals surface area contributed by atoms with Gasteiger partial charge in [-0.05, 0) is 36.3 Å². The van der Waals surface area contributed by atoms with Crippen LogP contribution in [0.3, 0.4) is 0 Å². The minimum absolute atomic E-state index is 0.0318. The minimum Gasteiger partial charge on any atom is -0.358 e. The highest BCUT2D eigenvalue weighted by atomic mass is 35.5. The van der Waals surface area contributed by atoms with Crippen LogP contribution in [0.1, 0.15) is 89.5 Å². The zero-order chi connectivity index (χ0) is 20.6. The van der Waals surface area contributed by atoms with E-state index < -0.39 is 0 Å². The SMILES string of the molecule is CCCCCCCCCCCCCC(=O)NC(=S)NCc1ccc(Cl)cc1Cl. The van der Waals surface area contributed by atoms with Gasteiger partial charge in [0.25, 0.3) is 0 Å². The minimum atomic E-state index is -0.0318. The first-order chi connectivity index (χ1) is 13.5. The third kappa shape index (κ3) is 12.6. The molecule has 28 heavy (non-hydrogen) atoms. The van der Waals surface area contributed by atoms with Crippen LogP contribution in [-0.4, -0.2) is 11.0 Å². The highest BCUT2D eigenvalue weighted by Gasteiger charge is 2.06. The number of nitrogens with one attached hydrogen (secondary N) is 2. The zero-order valence-electron chi connectivity index (χ0n) is 17.0. The first kappa shape index (κ1) is 25.2. The summed E-state index contributed by atoms with van der Waals surface area (Å²) in [4.78, 5) is 12.0. The fourth-order valence-corrected chi connectivity index (χ4v) is 3.68. The van der Waals surface area contributed by atoms with E-state index in [0.717, 1.165) is 18.4 Å². The van der Waals surface area contributed by atoms with E-state index in [9.17, 15) is 4.79 Å². The standard InChI is InChI=1S/C22H34Cl2N2OS/c1-2-3-4-5-6-7-8-9-10-11-12-13-21(27)26-22(28)25-17-18-14-15-19(23)16-20(18)24/h14-16H,2-13,17H2,1H3,(H2,25,26,27,28). The van der Waals surface area contributed by atoms with Crippen LogP contribution < -0.4 is 10.6 Å². The molecule has 0 spiro atoms. The Bertz CT molecular complexity index is 596. The van der Waals surface area contributed by atoms with Gasteiger partial charge in [-0.25, -0.2) is 0 Å². The lowest BCUT2D eigenvalue weighted by Gasteiger charge is -2.10. The van der Waals surface area contributed by atoms with E-state index in [1.165, 1.54) is 57.8 Å². The van der Waals surface area contributed by atoms with Gasteiger partial charge in [0.1, 0.15) is 0 Å². The molecule has 2 N–H and O–H groups in total. The number of benzene rings is 1. The van der Waals surface area contributed by atoms with Crippen LogP contribution in [0.25, 0.3) is 0 Å². The molecule has 0 saturated heterocycles. The molecule has 0 bridgehead atoms. The number of halogens is 2. The number of carbonyl (C=O) groups excluding carboxylic acids is 1. The average molecular weight is 446 g/mol. The van der Waals surface area contributed by atoms with Gasteiger partial charge >= 0.3 is 0 Å². The van der Waals surface area contributed by atoms with Crippen LogP contribution >= 0.6 is 35.4 Å². The van der Waals surface area contributed by atoms with Crippen molar-refractivity contribution in [1.82, 2.24) is 10.6 Å². The zero-order valence-corrected chi connectivity index (χ0v) is 19.3. The maximum absolute atomic E-state index is 12.0. The maximum Gasteiger partial charge on any atom is 0.226 e. The number of hydrogen-bond donors (Lipinski definition) is 2. The Labute approximate surface area is 185 Å². The summed E-state index contributed by atoms with van der Waals surface area (Å²) in [5.74, 6) is -0.0318. The second-order valence-corrected chi connectivity index (χ2v) is 8.50. The van der Waals surface area contributed by atoms with Crippen molar-refractivity contribution in [2.75, 3.05) is 0 Å². The Morgan fingerprint density at radius 3 is 2.07 bits per heavy atom. The van der Waals surface area contributed by atoms with Gasteiger partial charge in [-0.1, -0.05) is 100 Å². The van der Waals surface area contributed by atoms with Crippen LogP contribution in [0.15, 0.2) is 18.2 Å². The van der Waals surface area contributed by atoms with Crippen molar-refractivity contribution in [2.24, 2.45) is 0 Å². The van der Waals surface area contributed by atoms with E-state index in [1.807, 2.05) is 6.07 Å². The summed E-state index contributed by atoms with van der Waals surface area (Å²) < 4.78 is 0. The van der Waals surface area contributed by atoms with E-state index >= 15 is 0 Å². The Kier molecular flexibility index (Phi) is 14.4. The molecule has 1 amide bonds. The highest BCUT2D eigenvalue weighted by Crippen LogP contribution is 2.20. The number of amides is 1. The Balaban J connectivity index is 2.00. The van der Waals surface area contributed by atoms with Gasteiger partial charge in [0.15, 0.2) is 5.11 Å². The van der Waals surface area contributed by atoms with Crippen LogP contribution in [0.2, 0.25) is 10.0 Å². The van der Waals surface area contributed by atoms with Gasteiger partial charge < -0.3 is 10.6 Å². The summed E-state index contributed by atoms with van der Waals surface area (Å²) in [6.07, 6.45) is 14.5. The smallest absolute Gasteiger partial charge is 0.226 e. The van der Waals surface area contributed by atoms with Crippen molar-refractivity contribution in [2.45, 2.75) is 90.5 Å². The molecule has 1 rings (SSSR count). The summed E-state index contributed by atoms with van der Waals surface area (Å²) in [6.45, 7) is 2.70. The van der Waals surface area contributed by atoms with Gasteiger partial charge in [-0.15, -0.1) is 0 Å². The average Bonchev–Trinajstić information content (AvgIpc) is 2.65. The molecular formula is C22H34Cl2N2OS. The quantitative estimate of drug-likeness (QED) is 0.235. The van der Waals surface area contributed by atoms with Crippen LogP contribution in [-0.2, 0) is 11.3 Å². The predicted octanol–water partition coefficient (Wildman–Crippen LogP) is 7.19. The molecule has 0 heterocycles. The van der Waals surface area contributed by atoms with Gasteiger partial charge in [-0.2, -0.15) is 0 Å². The highest BCUT2D eigenvalue weighted by molar-refractivity contribution is 7.80. The molecule has 158 valence electrons. The van der Waals surface area contributed by atoms with Crippen molar-refractivity contribution >= 4 is 46.4 Å². The fourth-order valence-electron chi connectivity index (χ4n) is 3.02. The van der Waals surface area contributed by atoms with Gasteiger partial charge in [0.05, 0.1) is 0 Å². The van der Waals surface area contributed by atoms with Crippen molar-refractivity contribution in [3.63, 3.8) is 0 Å². The van der Waals surface area contributed by atoms with Gasteiger partial charge in [-0.3, -0.25) is 4.79 Å². The lowest BCUT2D eigenvalue weighted by molar-refractivity contribution is -0.119. The molecule has 0 fully saturated rings. The first-order valence-electron chi connectivity index (χ1n) is 10.5. The van der Waals surface area contributed by atoms with Gasteiger partial charge in [0.2, 0.25) is 5.91 Å². The third-order valence-electron chi connectivity index (χ3n) is 4.71. The number of hydrogen-bond acceptors (Lipinski definition) is 2. The van der Waals surface area contributed by atoms with E-state index in [1.54, 1.807) is 12.1 Å². The summed E-state index contributed by atoms with van der Waals surface area (Å²) >= 11 is 17.2. The number of thiocarbonyl (C=S) groups is 1. The lowest BCUT2D eigenvalue weighted by atomic mass is 10.1. The molecule has 1 aromatic carbocycles. The predicted molar refractivity (Wildman–Crippen MR) is 125 cm³/mol. The fraction of sp³-hybridized carbons (Fsp3) is 0.636. The van der Waals surface area contributed by atoms with Crippen LogP contribution in [0.5, 0.6) is 0 Å². The number of carbonyl (C=O) groups is 1. The Hall–Kier alpha value is -0.840. The monoisotopic (exact) mass is 444 g/mol. The summed E-state index contributed by atoms with van der Waals surface area (Å²) in [6, 6.07) is 5.31. The molecule has 6 heteroatoms. The molecule has 3 nitrogen and oxygen atoms in total. The molecule has 0 saturated carbocycles. The molecule has 0 unspecified atom stereocenters. The van der Waals surface area contributed by atoms with Crippen molar-refractivity contribution in [1.29, 1.82) is 0 Å². The van der Waals surface area contributed by atoms with Crippen molar-refractivity contribution in [3.8, 4) is 0 Å². The summed E-state index contributed by atoms with van der Waals surface area (Å²) in [5, 5.41) is 7.24. The van der Waals surface area contributed by atoms with E-state index in [4.69, 9.17) is 35.4 Å². The molecule has 0 aromatic heterocycles. The molecule has 0 aliphatic rings. The van der Waals surface area contributed by atoms with Crippen LogP contribution in [0.4, 0.5) is 0 Å². The van der Waals surface area contributed by atoms with E-state index in [0.29, 0.717) is 28.1 Å². The number of unbranched alkanes of at least 4 members (excludes halogenated alkanes) is 10. The molecule has 0 radical (unpaired) electrons. The Morgan fingerprint density at radius 2 is 1.50 bits per heavy atom. The van der Waals surface area contributed by atoms with E-state index in [-0.39, 0.29) is 5.91 Å². The molecular weight excluding hydrogens is 411 g/mol. The molecule has 0 aliphatic carbocycles. The maximum atomic E-state index is 12.0. The molecule has 1 aromatic rings. The summed E-state index contributed by atoms with van der Waals surface area (Å²) in [7, 11) is 0. The van der Waals surface area contributed by atoms with Gasteiger partial charge in [0, 0.05) is 23.0 Å². The second kappa shape index (κ2) is 16.0. The van der Waals surface area contributed by atoms with E-state index in [2.05, 4.69) is 17.6 Å². The topological polar surface area (TPSA) is 41.1 Å². The Morgan fingerprint density at radius 1 is 0.929 bits per heavy atom. The summed E-state index contributed by atoms with van der Waals surface area (Å²) in [5.41, 5.74) is 0.882. The van der Waals surface area contributed by atoms with Crippen LogP contribution in [0, 0.1) is 0 Å². The third-order valence-corrected chi connectivity index (χ3v) is 5.55. The van der Waals surface area contributed by atoms with Crippen molar-refractivity contribution in [3.05, 3.63) is 33.8 Å². The van der Waals surface area contributed by atoms with Crippen molar-refractivity contribution < 1.29 is 4.79 Å². The lowest BCUT2D eigenvalue weighted by Crippen LogP contribution is -2.38. The first-order valence-corrected chi connectivity index (χ1v) is 11.7. The molecule has 0 aliphatic heterocycles.